The Hall–Kier alpha value is -2.96. The van der Waals surface area contributed by atoms with Crippen LogP contribution in [-0.2, 0) is 0 Å². The number of hydrogen-bond acceptors (Lipinski definition) is 5. The van der Waals surface area contributed by atoms with Crippen molar-refractivity contribution < 1.29 is 14.6 Å². The van der Waals surface area contributed by atoms with E-state index in [1.807, 2.05) is 6.92 Å². The number of ether oxygens (including phenoxy) is 1. The second-order valence-corrected chi connectivity index (χ2v) is 4.11. The first-order chi connectivity index (χ1) is 9.65. The SMILES string of the molecule is Cc1nnc2c(Oc3cccc(C(=O)O)c3)nccn12. The van der Waals surface area contributed by atoms with Gasteiger partial charge in [0.2, 0.25) is 5.65 Å². The molecule has 0 bridgehead atoms. The first-order valence-electron chi connectivity index (χ1n) is 5.83. The summed E-state index contributed by atoms with van der Waals surface area (Å²) in [5.74, 6) is 0.355. The molecule has 7 nitrogen and oxygen atoms in total. The zero-order valence-electron chi connectivity index (χ0n) is 10.5. The number of hydrogen-bond donors (Lipinski definition) is 1. The van der Waals surface area contributed by atoms with Gasteiger partial charge in [0.1, 0.15) is 11.6 Å². The molecule has 0 atom stereocenters. The van der Waals surface area contributed by atoms with Crippen LogP contribution in [0.15, 0.2) is 36.7 Å². The van der Waals surface area contributed by atoms with E-state index >= 15 is 0 Å². The smallest absolute Gasteiger partial charge is 0.335 e. The average molecular weight is 270 g/mol. The van der Waals surface area contributed by atoms with Gasteiger partial charge in [-0.1, -0.05) is 6.07 Å². The molecule has 0 fully saturated rings. The molecule has 2 aromatic heterocycles. The maximum Gasteiger partial charge on any atom is 0.335 e. The van der Waals surface area contributed by atoms with E-state index in [4.69, 9.17) is 9.84 Å². The van der Waals surface area contributed by atoms with E-state index < -0.39 is 5.97 Å². The van der Waals surface area contributed by atoms with Crippen molar-refractivity contribution in [3.63, 3.8) is 0 Å². The maximum atomic E-state index is 10.9. The van der Waals surface area contributed by atoms with E-state index in [9.17, 15) is 4.79 Å². The van der Waals surface area contributed by atoms with Crippen molar-refractivity contribution in [2.45, 2.75) is 6.92 Å². The minimum atomic E-state index is -1.01. The maximum absolute atomic E-state index is 10.9. The lowest BCUT2D eigenvalue weighted by Crippen LogP contribution is -1.98. The van der Waals surface area contributed by atoms with Crippen LogP contribution < -0.4 is 4.74 Å². The summed E-state index contributed by atoms with van der Waals surface area (Å²) in [6, 6.07) is 6.18. The fourth-order valence-electron chi connectivity index (χ4n) is 1.80. The second-order valence-electron chi connectivity index (χ2n) is 4.11. The number of aromatic nitrogens is 4. The third-order valence-electron chi connectivity index (χ3n) is 2.76. The third-order valence-corrected chi connectivity index (χ3v) is 2.76. The number of aryl methyl sites for hydroxylation is 1. The summed E-state index contributed by atoms with van der Waals surface area (Å²) < 4.78 is 7.34. The molecule has 7 heteroatoms. The van der Waals surface area contributed by atoms with Gasteiger partial charge in [-0.05, 0) is 25.1 Å². The van der Waals surface area contributed by atoms with Crippen LogP contribution in [0.1, 0.15) is 16.2 Å². The summed E-state index contributed by atoms with van der Waals surface area (Å²) in [6.07, 6.45) is 3.30. The van der Waals surface area contributed by atoms with Crippen LogP contribution in [0.4, 0.5) is 0 Å². The van der Waals surface area contributed by atoms with Gasteiger partial charge in [-0.2, -0.15) is 0 Å². The number of nitrogens with zero attached hydrogens (tertiary/aromatic N) is 4. The summed E-state index contributed by atoms with van der Waals surface area (Å²) in [5.41, 5.74) is 0.623. The van der Waals surface area contributed by atoms with Gasteiger partial charge in [-0.15, -0.1) is 10.2 Å². The highest BCUT2D eigenvalue weighted by molar-refractivity contribution is 5.88. The predicted octanol–water partition coefficient (Wildman–Crippen LogP) is 1.92. The third kappa shape index (κ3) is 2.05. The fourth-order valence-corrected chi connectivity index (χ4v) is 1.80. The topological polar surface area (TPSA) is 89.6 Å². The Bertz CT molecular complexity index is 797. The molecule has 0 aliphatic heterocycles. The van der Waals surface area contributed by atoms with Crippen LogP contribution in [0.25, 0.3) is 5.65 Å². The first kappa shape index (κ1) is 12.1. The number of carboxylic acids is 1. The highest BCUT2D eigenvalue weighted by atomic mass is 16.5. The first-order valence-corrected chi connectivity index (χ1v) is 5.83. The molecule has 0 aliphatic carbocycles. The molecular weight excluding hydrogens is 260 g/mol. The molecule has 2 heterocycles. The molecule has 0 amide bonds. The van der Waals surface area contributed by atoms with E-state index in [1.54, 1.807) is 28.9 Å². The van der Waals surface area contributed by atoms with Gasteiger partial charge in [0, 0.05) is 12.4 Å². The molecule has 0 saturated carbocycles. The van der Waals surface area contributed by atoms with Gasteiger partial charge < -0.3 is 9.84 Å². The highest BCUT2D eigenvalue weighted by Crippen LogP contribution is 2.23. The van der Waals surface area contributed by atoms with E-state index in [-0.39, 0.29) is 11.4 Å². The molecule has 100 valence electrons. The number of aromatic carboxylic acids is 1. The molecule has 3 aromatic rings. The van der Waals surface area contributed by atoms with Gasteiger partial charge in [0.25, 0.3) is 5.88 Å². The molecular formula is C13H10N4O3. The number of carboxylic acid groups (broad SMARTS) is 1. The zero-order valence-corrected chi connectivity index (χ0v) is 10.5. The Morgan fingerprint density at radius 2 is 2.20 bits per heavy atom. The van der Waals surface area contributed by atoms with E-state index in [0.717, 1.165) is 0 Å². The lowest BCUT2D eigenvalue weighted by atomic mass is 10.2. The average Bonchev–Trinajstić information content (AvgIpc) is 2.82. The van der Waals surface area contributed by atoms with E-state index in [1.165, 1.54) is 12.1 Å². The molecule has 0 aliphatic rings. The highest BCUT2D eigenvalue weighted by Gasteiger charge is 2.11. The number of carbonyl (C=O) groups is 1. The van der Waals surface area contributed by atoms with Crippen molar-refractivity contribution >= 4 is 11.6 Å². The van der Waals surface area contributed by atoms with Crippen molar-refractivity contribution in [1.82, 2.24) is 19.6 Å². The molecule has 3 rings (SSSR count). The van der Waals surface area contributed by atoms with E-state index in [0.29, 0.717) is 17.2 Å². The standard InChI is InChI=1S/C13H10N4O3/c1-8-15-16-11-12(14-5-6-17(8)11)20-10-4-2-3-9(7-10)13(18)19/h2-7H,1H3,(H,18,19). The molecule has 0 saturated heterocycles. The van der Waals surface area contributed by atoms with Gasteiger partial charge in [0.05, 0.1) is 5.56 Å². The summed E-state index contributed by atoms with van der Waals surface area (Å²) in [4.78, 5) is 15.0. The molecule has 1 aromatic carbocycles. The minimum Gasteiger partial charge on any atom is -0.478 e. The Labute approximate surface area is 113 Å². The Morgan fingerprint density at radius 1 is 1.35 bits per heavy atom. The molecule has 0 unspecified atom stereocenters. The second kappa shape index (κ2) is 4.61. The van der Waals surface area contributed by atoms with Crippen LogP contribution >= 0.6 is 0 Å². The van der Waals surface area contributed by atoms with E-state index in [2.05, 4.69) is 15.2 Å². The Balaban J connectivity index is 2.01. The molecule has 0 spiro atoms. The van der Waals surface area contributed by atoms with Gasteiger partial charge in [0.15, 0.2) is 0 Å². The van der Waals surface area contributed by atoms with Gasteiger partial charge in [-0.3, -0.25) is 4.40 Å². The summed E-state index contributed by atoms with van der Waals surface area (Å²) in [7, 11) is 0. The lowest BCUT2D eigenvalue weighted by molar-refractivity contribution is 0.0696. The summed E-state index contributed by atoms with van der Waals surface area (Å²) >= 11 is 0. The van der Waals surface area contributed by atoms with Crippen molar-refractivity contribution in [3.05, 3.63) is 48.0 Å². The van der Waals surface area contributed by atoms with Gasteiger partial charge >= 0.3 is 5.97 Å². The van der Waals surface area contributed by atoms with Gasteiger partial charge in [-0.25, -0.2) is 9.78 Å². The van der Waals surface area contributed by atoms with Crippen LogP contribution in [-0.4, -0.2) is 30.7 Å². The lowest BCUT2D eigenvalue weighted by Gasteiger charge is -2.06. The molecule has 0 radical (unpaired) electrons. The van der Waals surface area contributed by atoms with Crippen LogP contribution in [0.5, 0.6) is 11.6 Å². The van der Waals surface area contributed by atoms with Crippen LogP contribution in [0.3, 0.4) is 0 Å². The predicted molar refractivity (Wildman–Crippen MR) is 69.0 cm³/mol. The minimum absolute atomic E-state index is 0.145. The summed E-state index contributed by atoms with van der Waals surface area (Å²) in [6.45, 7) is 1.81. The van der Waals surface area contributed by atoms with Crippen LogP contribution in [0.2, 0.25) is 0 Å². The number of rotatable bonds is 3. The normalized spacial score (nSPS) is 10.7. The summed E-state index contributed by atoms with van der Waals surface area (Å²) in [5, 5.41) is 16.9. The molecule has 20 heavy (non-hydrogen) atoms. The fraction of sp³-hybridized carbons (Fsp3) is 0.0769. The van der Waals surface area contributed by atoms with Crippen molar-refractivity contribution in [1.29, 1.82) is 0 Å². The molecule has 1 N–H and O–H groups in total. The van der Waals surface area contributed by atoms with Crippen molar-refractivity contribution in [2.75, 3.05) is 0 Å². The quantitative estimate of drug-likeness (QED) is 0.782. The Morgan fingerprint density at radius 3 is 3.00 bits per heavy atom. The monoisotopic (exact) mass is 270 g/mol. The number of benzene rings is 1. The number of fused-ring (bicyclic) bond motifs is 1. The van der Waals surface area contributed by atoms with Crippen molar-refractivity contribution in [3.8, 4) is 11.6 Å². The van der Waals surface area contributed by atoms with Crippen molar-refractivity contribution in [2.24, 2.45) is 0 Å². The largest absolute Gasteiger partial charge is 0.478 e. The van der Waals surface area contributed by atoms with Crippen LogP contribution in [0, 0.1) is 6.92 Å². The zero-order chi connectivity index (χ0) is 14.1. The Kier molecular flexibility index (Phi) is 2.79.